The molecule has 0 spiro atoms. The average Bonchev–Trinajstić information content (AvgIpc) is 3.38. The van der Waals surface area contributed by atoms with Crippen LogP contribution in [0, 0.1) is 18.2 Å². The molecule has 0 saturated carbocycles. The second kappa shape index (κ2) is 14.5. The topological polar surface area (TPSA) is 156 Å². The maximum atomic E-state index is 14.4. The fraction of sp³-hybridized carbons (Fsp3) is 0.269. The number of halogens is 3. The number of hydrogen-bond donors (Lipinski definition) is 6. The van der Waals surface area contributed by atoms with Gasteiger partial charge < -0.3 is 31.8 Å². The molecule has 0 aromatic heterocycles. The summed E-state index contributed by atoms with van der Waals surface area (Å²) < 4.78 is 28.0. The van der Waals surface area contributed by atoms with E-state index in [4.69, 9.17) is 23.1 Å². The van der Waals surface area contributed by atoms with Gasteiger partial charge in [-0.1, -0.05) is 23.6 Å². The van der Waals surface area contributed by atoms with E-state index >= 15 is 0 Å². The maximum Gasteiger partial charge on any atom is 0.328 e. The van der Waals surface area contributed by atoms with Gasteiger partial charge in [0.05, 0.1) is 37.5 Å². The van der Waals surface area contributed by atoms with E-state index in [1.807, 2.05) is 0 Å². The molecule has 6 N–H and O–H groups in total. The Bertz CT molecular complexity index is 1350. The third-order valence-corrected chi connectivity index (χ3v) is 5.75. The SMILES string of the molecule is C#C/C(=C\C(NC1=NCC(F)CCN1)=C1\C=NNC1)C(=O)NCC(=O)NC(/C=C/C(=O)O)c1cc(Cl)ccc1F. The number of hydrogen-bond acceptors (Lipinski definition) is 8. The van der Waals surface area contributed by atoms with Gasteiger partial charge in [-0.2, -0.15) is 5.10 Å². The molecular formula is C26H26ClF2N7O4. The van der Waals surface area contributed by atoms with E-state index in [-0.39, 0.29) is 29.1 Å². The molecular weight excluding hydrogens is 548 g/mol. The molecule has 0 fully saturated rings. The van der Waals surface area contributed by atoms with E-state index in [1.54, 1.807) is 0 Å². The number of benzene rings is 1. The minimum atomic E-state index is -1.31. The van der Waals surface area contributed by atoms with Crippen molar-refractivity contribution < 1.29 is 28.3 Å². The van der Waals surface area contributed by atoms with E-state index in [9.17, 15) is 23.2 Å². The van der Waals surface area contributed by atoms with Crippen molar-refractivity contribution in [2.45, 2.75) is 18.6 Å². The Morgan fingerprint density at radius 1 is 1.35 bits per heavy atom. The minimum absolute atomic E-state index is 0.0344. The van der Waals surface area contributed by atoms with E-state index < -0.39 is 42.4 Å². The lowest BCUT2D eigenvalue weighted by molar-refractivity contribution is -0.131. The lowest BCUT2D eigenvalue weighted by Gasteiger charge is -2.17. The number of nitrogens with one attached hydrogen (secondary N) is 5. The van der Waals surface area contributed by atoms with Gasteiger partial charge in [0.15, 0.2) is 5.96 Å². The van der Waals surface area contributed by atoms with Gasteiger partial charge in [-0.15, -0.1) is 6.42 Å². The van der Waals surface area contributed by atoms with Crippen LogP contribution in [0.4, 0.5) is 8.78 Å². The Morgan fingerprint density at radius 3 is 2.85 bits per heavy atom. The van der Waals surface area contributed by atoms with Crippen LogP contribution in [-0.2, 0) is 14.4 Å². The van der Waals surface area contributed by atoms with Crippen LogP contribution in [0.15, 0.2) is 63.4 Å². The van der Waals surface area contributed by atoms with Gasteiger partial charge in [0, 0.05) is 34.5 Å². The summed E-state index contributed by atoms with van der Waals surface area (Å²) in [5.41, 5.74) is 3.56. The molecule has 14 heteroatoms. The Balaban J connectivity index is 1.72. The van der Waals surface area contributed by atoms with Gasteiger partial charge in [-0.3, -0.25) is 9.59 Å². The third-order valence-electron chi connectivity index (χ3n) is 5.52. The summed E-state index contributed by atoms with van der Waals surface area (Å²) in [7, 11) is 0. The predicted octanol–water partition coefficient (Wildman–Crippen LogP) is 1.07. The first-order chi connectivity index (χ1) is 19.2. The van der Waals surface area contributed by atoms with Crippen LogP contribution in [0.1, 0.15) is 18.0 Å². The number of aliphatic imine (C=N–C) groups is 1. The molecule has 1 aromatic carbocycles. The Labute approximate surface area is 233 Å². The van der Waals surface area contributed by atoms with Gasteiger partial charge in [0.25, 0.3) is 5.91 Å². The second-order valence-corrected chi connectivity index (χ2v) is 8.89. The zero-order valence-corrected chi connectivity index (χ0v) is 21.8. The molecule has 0 aliphatic carbocycles. The van der Waals surface area contributed by atoms with Crippen molar-refractivity contribution in [3.05, 3.63) is 69.7 Å². The molecule has 3 rings (SSSR count). The lowest BCUT2D eigenvalue weighted by atomic mass is 10.1. The smallest absolute Gasteiger partial charge is 0.328 e. The highest BCUT2D eigenvalue weighted by atomic mass is 35.5. The van der Waals surface area contributed by atoms with Crippen LogP contribution in [0.3, 0.4) is 0 Å². The van der Waals surface area contributed by atoms with E-state index in [2.05, 4.69) is 42.7 Å². The third kappa shape index (κ3) is 8.95. The van der Waals surface area contributed by atoms with Crippen molar-refractivity contribution in [1.29, 1.82) is 0 Å². The zero-order chi connectivity index (χ0) is 29.1. The first kappa shape index (κ1) is 29.9. The number of guanidine groups is 1. The van der Waals surface area contributed by atoms with Crippen LogP contribution >= 0.6 is 11.6 Å². The average molecular weight is 574 g/mol. The van der Waals surface area contributed by atoms with Crippen LogP contribution < -0.4 is 26.7 Å². The summed E-state index contributed by atoms with van der Waals surface area (Å²) >= 11 is 5.93. The molecule has 2 atom stereocenters. The highest BCUT2D eigenvalue weighted by molar-refractivity contribution is 6.30. The molecule has 2 amide bonds. The standard InChI is InChI=1S/C26H26ClF2N7O4/c1-2-15(9-22(16-11-33-34-12-16)36-26-30-8-7-18(28)13-32-26)25(40)31-14-23(37)35-21(5-6-24(38)39)19-10-17(27)3-4-20(19)29/h1,3-6,9-11,18,21,34H,7-8,12-14H2,(H,31,40)(H,35,37)(H,38,39)(H2,30,32,36)/b6-5+,15-9+,22-16+. The molecule has 11 nitrogen and oxygen atoms in total. The fourth-order valence-corrected chi connectivity index (χ4v) is 3.71. The first-order valence-electron chi connectivity index (χ1n) is 12.0. The highest BCUT2D eigenvalue weighted by Gasteiger charge is 2.19. The number of hydrazone groups is 1. The molecule has 40 heavy (non-hydrogen) atoms. The number of nitrogens with zero attached hydrogens (tertiary/aromatic N) is 2. The van der Waals surface area contributed by atoms with Gasteiger partial charge in [0.1, 0.15) is 12.0 Å². The van der Waals surface area contributed by atoms with Crippen LogP contribution in [0.5, 0.6) is 0 Å². The van der Waals surface area contributed by atoms with Gasteiger partial charge in [-0.25, -0.2) is 18.6 Å². The molecule has 2 aliphatic rings. The quantitative estimate of drug-likeness (QED) is 0.191. The summed E-state index contributed by atoms with van der Waals surface area (Å²) in [5.74, 6) is -1.00. The van der Waals surface area contributed by atoms with Crippen molar-refractivity contribution in [2.24, 2.45) is 10.1 Å². The van der Waals surface area contributed by atoms with Crippen molar-refractivity contribution >= 4 is 41.6 Å². The van der Waals surface area contributed by atoms with E-state index in [0.717, 1.165) is 18.2 Å². The van der Waals surface area contributed by atoms with Crippen molar-refractivity contribution in [2.75, 3.05) is 26.2 Å². The van der Waals surface area contributed by atoms with Crippen molar-refractivity contribution in [1.82, 2.24) is 26.7 Å². The van der Waals surface area contributed by atoms with Crippen molar-refractivity contribution in [3.63, 3.8) is 0 Å². The summed E-state index contributed by atoms with van der Waals surface area (Å²) in [4.78, 5) is 40.6. The summed E-state index contributed by atoms with van der Waals surface area (Å²) in [6, 6.07) is 2.44. The second-order valence-electron chi connectivity index (χ2n) is 8.45. The van der Waals surface area contributed by atoms with Crippen LogP contribution in [0.2, 0.25) is 5.02 Å². The zero-order valence-electron chi connectivity index (χ0n) is 21.0. The van der Waals surface area contributed by atoms with Crippen molar-refractivity contribution in [3.8, 4) is 12.3 Å². The van der Waals surface area contributed by atoms with E-state index in [1.165, 1.54) is 24.4 Å². The normalized spacial score (nSPS) is 18.9. The largest absolute Gasteiger partial charge is 0.478 e. The Hall–Kier alpha value is -4.70. The lowest BCUT2D eigenvalue weighted by Crippen LogP contribution is -2.39. The molecule has 2 heterocycles. The van der Waals surface area contributed by atoms with E-state index in [0.29, 0.717) is 30.3 Å². The monoisotopic (exact) mass is 573 g/mol. The number of amides is 2. The number of aliphatic carboxylic acids is 1. The first-order valence-corrected chi connectivity index (χ1v) is 12.3. The van der Waals surface area contributed by atoms with Gasteiger partial charge in [0.2, 0.25) is 5.91 Å². The number of carboxylic acid groups (broad SMARTS) is 1. The number of carbonyl (C=O) groups excluding carboxylic acids is 2. The molecule has 1 aromatic rings. The summed E-state index contributed by atoms with van der Waals surface area (Å²) in [6.07, 6.45) is 9.47. The molecule has 210 valence electrons. The number of rotatable bonds is 9. The van der Waals surface area contributed by atoms with Crippen LogP contribution in [-0.4, -0.2) is 67.4 Å². The fourth-order valence-electron chi connectivity index (χ4n) is 3.53. The number of terminal acetylenes is 1. The number of carbonyl (C=O) groups is 3. The maximum absolute atomic E-state index is 14.4. The molecule has 2 unspecified atom stereocenters. The Kier molecular flexibility index (Phi) is 10.8. The minimum Gasteiger partial charge on any atom is -0.478 e. The number of alkyl halides is 1. The molecule has 0 radical (unpaired) electrons. The number of carboxylic acids is 1. The molecule has 2 aliphatic heterocycles. The van der Waals surface area contributed by atoms with Gasteiger partial charge >= 0.3 is 5.97 Å². The van der Waals surface area contributed by atoms with Gasteiger partial charge in [-0.05, 0) is 30.7 Å². The predicted molar refractivity (Wildman–Crippen MR) is 145 cm³/mol. The molecule has 0 saturated heterocycles. The Morgan fingerprint density at radius 2 is 2.15 bits per heavy atom. The summed E-state index contributed by atoms with van der Waals surface area (Å²) in [5, 5.41) is 23.9. The van der Waals surface area contributed by atoms with Crippen LogP contribution in [0.25, 0.3) is 0 Å². The number of allylic oxidation sites excluding steroid dienone is 1. The molecule has 0 bridgehead atoms. The summed E-state index contributed by atoms with van der Waals surface area (Å²) in [6.45, 7) is 0.0787. The highest BCUT2D eigenvalue weighted by Crippen LogP contribution is 2.22.